The van der Waals surface area contributed by atoms with E-state index < -0.39 is 5.60 Å². The predicted molar refractivity (Wildman–Crippen MR) is 109 cm³/mol. The van der Waals surface area contributed by atoms with Crippen molar-refractivity contribution < 1.29 is 19.5 Å². The van der Waals surface area contributed by atoms with Gasteiger partial charge in [-0.1, -0.05) is 50.3 Å². The van der Waals surface area contributed by atoms with E-state index in [0.717, 1.165) is 11.3 Å². The number of anilines is 1. The Hall–Kier alpha value is -2.63. The van der Waals surface area contributed by atoms with Crippen LogP contribution in [0.3, 0.4) is 0 Å². The smallest absolute Gasteiger partial charge is 0.187 e. The summed E-state index contributed by atoms with van der Waals surface area (Å²) in [6.45, 7) is 4.21. The van der Waals surface area contributed by atoms with E-state index in [9.17, 15) is 10.0 Å². The van der Waals surface area contributed by atoms with E-state index in [4.69, 9.17) is 9.47 Å². The summed E-state index contributed by atoms with van der Waals surface area (Å²) in [4.78, 5) is 12.9. The number of para-hydroxylation sites is 1. The van der Waals surface area contributed by atoms with Crippen LogP contribution < -0.4 is 9.80 Å². The van der Waals surface area contributed by atoms with E-state index in [1.165, 1.54) is 11.1 Å². The average molecular weight is 381 g/mol. The standard InChI is InChI=1S/C23H27NO4/c1-4-23(28-16-18-10-12-20(27-3)13-11-18)17(2)21(14-15-22(23)25)24(26)19-8-6-5-7-9-19/h5-15,17,21,26H,4,16H2,1-3H3/t17-,21+,23+/m1/s1. The molecule has 0 radical (unpaired) electrons. The fraction of sp³-hybridized carbons (Fsp3) is 0.348. The highest BCUT2D eigenvalue weighted by Gasteiger charge is 2.48. The number of nitrogens with zero attached hydrogens (tertiary/aromatic N) is 1. The van der Waals surface area contributed by atoms with Crippen LogP contribution in [0, 0.1) is 5.92 Å². The Morgan fingerprint density at radius 1 is 1.11 bits per heavy atom. The van der Waals surface area contributed by atoms with E-state index in [2.05, 4.69) is 0 Å². The van der Waals surface area contributed by atoms with E-state index >= 15 is 0 Å². The van der Waals surface area contributed by atoms with Crippen molar-refractivity contribution in [1.29, 1.82) is 0 Å². The van der Waals surface area contributed by atoms with Crippen molar-refractivity contribution in [2.75, 3.05) is 12.2 Å². The van der Waals surface area contributed by atoms with Gasteiger partial charge in [-0.25, -0.2) is 5.06 Å². The molecule has 3 rings (SSSR count). The van der Waals surface area contributed by atoms with Gasteiger partial charge < -0.3 is 9.47 Å². The molecule has 148 valence electrons. The molecule has 0 saturated heterocycles. The summed E-state index contributed by atoms with van der Waals surface area (Å²) in [6.07, 6.45) is 3.81. The molecule has 1 aliphatic rings. The third-order valence-corrected chi connectivity index (χ3v) is 5.59. The lowest BCUT2D eigenvalue weighted by molar-refractivity contribution is -0.154. The fourth-order valence-electron chi connectivity index (χ4n) is 3.77. The van der Waals surface area contributed by atoms with Crippen LogP contribution in [0.15, 0.2) is 66.7 Å². The zero-order valence-electron chi connectivity index (χ0n) is 16.5. The average Bonchev–Trinajstić information content (AvgIpc) is 2.75. The van der Waals surface area contributed by atoms with Crippen molar-refractivity contribution in [2.24, 2.45) is 5.92 Å². The second-order valence-corrected chi connectivity index (χ2v) is 7.06. The predicted octanol–water partition coefficient (Wildman–Crippen LogP) is 4.40. The molecule has 0 spiro atoms. The van der Waals surface area contributed by atoms with Crippen molar-refractivity contribution >= 4 is 11.5 Å². The summed E-state index contributed by atoms with van der Waals surface area (Å²) >= 11 is 0. The highest BCUT2D eigenvalue weighted by molar-refractivity contribution is 5.98. The SMILES string of the molecule is CC[C@@]1(OCc2ccc(OC)cc2)C(=O)C=C[C@H](N(O)c2ccccc2)[C@H]1C. The van der Waals surface area contributed by atoms with Crippen molar-refractivity contribution in [2.45, 2.75) is 38.5 Å². The Morgan fingerprint density at radius 3 is 2.39 bits per heavy atom. The van der Waals surface area contributed by atoms with Crippen molar-refractivity contribution in [1.82, 2.24) is 0 Å². The number of carbonyl (C=O) groups excluding carboxylic acids is 1. The van der Waals surface area contributed by atoms with Gasteiger partial charge in [-0.2, -0.15) is 0 Å². The molecule has 5 heteroatoms. The van der Waals surface area contributed by atoms with Crippen LogP contribution in [0.4, 0.5) is 5.69 Å². The van der Waals surface area contributed by atoms with E-state index in [-0.39, 0.29) is 17.7 Å². The lowest BCUT2D eigenvalue weighted by Crippen LogP contribution is -2.56. The second kappa shape index (κ2) is 8.59. The summed E-state index contributed by atoms with van der Waals surface area (Å²) in [7, 11) is 1.62. The van der Waals surface area contributed by atoms with E-state index in [1.54, 1.807) is 13.2 Å². The van der Waals surface area contributed by atoms with Gasteiger partial charge in [0.1, 0.15) is 11.4 Å². The zero-order valence-corrected chi connectivity index (χ0v) is 16.5. The van der Waals surface area contributed by atoms with Gasteiger partial charge >= 0.3 is 0 Å². The Morgan fingerprint density at radius 2 is 1.79 bits per heavy atom. The maximum atomic E-state index is 12.9. The van der Waals surface area contributed by atoms with Gasteiger partial charge in [-0.05, 0) is 42.3 Å². The van der Waals surface area contributed by atoms with Crippen LogP contribution in [-0.2, 0) is 16.1 Å². The lowest BCUT2D eigenvalue weighted by atomic mass is 9.74. The van der Waals surface area contributed by atoms with Crippen LogP contribution in [-0.4, -0.2) is 29.7 Å². The number of benzene rings is 2. The summed E-state index contributed by atoms with van der Waals surface area (Å²) in [5, 5.41) is 12.0. The highest BCUT2D eigenvalue weighted by Crippen LogP contribution is 2.37. The van der Waals surface area contributed by atoms with Gasteiger partial charge in [0.05, 0.1) is 25.4 Å². The Balaban J connectivity index is 1.81. The summed E-state index contributed by atoms with van der Waals surface area (Å²) in [5.74, 6) is 0.477. The van der Waals surface area contributed by atoms with Crippen LogP contribution in [0.2, 0.25) is 0 Å². The molecule has 0 aliphatic heterocycles. The van der Waals surface area contributed by atoms with E-state index in [0.29, 0.717) is 18.7 Å². The van der Waals surface area contributed by atoms with Gasteiger partial charge in [0.25, 0.3) is 0 Å². The highest BCUT2D eigenvalue weighted by atomic mass is 16.5. The zero-order chi connectivity index (χ0) is 20.1. The first-order valence-corrected chi connectivity index (χ1v) is 9.54. The molecule has 28 heavy (non-hydrogen) atoms. The van der Waals surface area contributed by atoms with Crippen molar-refractivity contribution in [3.05, 3.63) is 72.3 Å². The number of hydroxylamine groups is 1. The molecule has 2 aromatic rings. The fourth-order valence-corrected chi connectivity index (χ4v) is 3.77. The molecule has 2 aromatic carbocycles. The normalized spacial score (nSPS) is 24.2. The Bertz CT molecular complexity index is 818. The maximum absolute atomic E-state index is 12.9. The molecule has 0 heterocycles. The molecule has 1 N–H and O–H groups in total. The minimum Gasteiger partial charge on any atom is -0.497 e. The van der Waals surface area contributed by atoms with Gasteiger partial charge in [-0.15, -0.1) is 0 Å². The van der Waals surface area contributed by atoms with Gasteiger partial charge in [0, 0.05) is 5.92 Å². The summed E-state index contributed by atoms with van der Waals surface area (Å²) in [6, 6.07) is 16.5. The molecule has 5 nitrogen and oxygen atoms in total. The van der Waals surface area contributed by atoms with Crippen molar-refractivity contribution in [3.8, 4) is 5.75 Å². The number of hydrogen-bond donors (Lipinski definition) is 1. The molecule has 0 bridgehead atoms. The van der Waals surface area contributed by atoms with Crippen LogP contribution in [0.5, 0.6) is 5.75 Å². The van der Waals surface area contributed by atoms with Crippen molar-refractivity contribution in [3.63, 3.8) is 0 Å². The number of methoxy groups -OCH3 is 1. The minimum absolute atomic E-state index is 0.0614. The number of ether oxygens (including phenoxy) is 2. The van der Waals surface area contributed by atoms with Gasteiger partial charge in [0.2, 0.25) is 0 Å². The second-order valence-electron chi connectivity index (χ2n) is 7.06. The number of rotatable bonds is 7. The molecule has 0 unspecified atom stereocenters. The van der Waals surface area contributed by atoms with E-state index in [1.807, 2.05) is 68.4 Å². The molecular weight excluding hydrogens is 354 g/mol. The molecule has 0 aromatic heterocycles. The molecule has 0 amide bonds. The monoisotopic (exact) mass is 381 g/mol. The number of hydrogen-bond acceptors (Lipinski definition) is 5. The lowest BCUT2D eigenvalue weighted by Gasteiger charge is -2.44. The summed E-state index contributed by atoms with van der Waals surface area (Å²) in [5.41, 5.74) is 0.650. The van der Waals surface area contributed by atoms with Gasteiger partial charge in [-0.3, -0.25) is 10.0 Å². The topological polar surface area (TPSA) is 59.0 Å². The largest absolute Gasteiger partial charge is 0.497 e. The van der Waals surface area contributed by atoms with Gasteiger partial charge in [0.15, 0.2) is 5.78 Å². The number of ketones is 1. The molecular formula is C23H27NO4. The third kappa shape index (κ3) is 3.81. The molecule has 3 atom stereocenters. The maximum Gasteiger partial charge on any atom is 0.187 e. The summed E-state index contributed by atoms with van der Waals surface area (Å²) < 4.78 is 11.4. The molecule has 0 fully saturated rings. The van der Waals surface area contributed by atoms with Crippen LogP contribution in [0.1, 0.15) is 25.8 Å². The minimum atomic E-state index is -0.991. The first-order chi connectivity index (χ1) is 13.5. The quantitative estimate of drug-likeness (QED) is 0.721. The third-order valence-electron chi connectivity index (χ3n) is 5.59. The number of carbonyl (C=O) groups is 1. The Kier molecular flexibility index (Phi) is 6.17. The van der Waals surface area contributed by atoms with Crippen LogP contribution >= 0.6 is 0 Å². The molecule has 1 aliphatic carbocycles. The first kappa shape index (κ1) is 20.1. The van der Waals surface area contributed by atoms with Crippen LogP contribution in [0.25, 0.3) is 0 Å². The molecule has 0 saturated carbocycles. The Labute approximate surface area is 166 Å². The first-order valence-electron chi connectivity index (χ1n) is 9.54.